The van der Waals surface area contributed by atoms with Gasteiger partial charge in [0.05, 0.1) is 15.5 Å². The topological polar surface area (TPSA) is 110 Å². The predicted molar refractivity (Wildman–Crippen MR) is 117 cm³/mol. The van der Waals surface area contributed by atoms with Crippen molar-refractivity contribution in [2.45, 2.75) is 11.4 Å². The van der Waals surface area contributed by atoms with Gasteiger partial charge >= 0.3 is 0 Å². The van der Waals surface area contributed by atoms with E-state index in [1.54, 1.807) is 42.5 Å². The lowest BCUT2D eigenvalue weighted by Gasteiger charge is -2.24. The lowest BCUT2D eigenvalue weighted by Crippen LogP contribution is -2.40. The first-order valence-electron chi connectivity index (χ1n) is 9.11. The molecule has 0 aromatic heterocycles. The number of sulfonamides is 1. The number of nitrogens with zero attached hydrogens (tertiary/aromatic N) is 2. The zero-order chi connectivity index (χ0) is 22.4. The van der Waals surface area contributed by atoms with Crippen LogP contribution in [0.1, 0.15) is 5.56 Å². The van der Waals surface area contributed by atoms with E-state index in [1.165, 1.54) is 36.4 Å². The van der Waals surface area contributed by atoms with Gasteiger partial charge in [0.15, 0.2) is 0 Å². The highest BCUT2D eigenvalue weighted by Crippen LogP contribution is 2.25. The number of carbonyl (C=O) groups excluding carboxylic acids is 1. The third-order valence-electron chi connectivity index (χ3n) is 4.37. The van der Waals surface area contributed by atoms with Crippen LogP contribution in [0.4, 0.5) is 11.4 Å². The first-order chi connectivity index (χ1) is 14.8. The molecule has 1 N–H and O–H groups in total. The maximum absolute atomic E-state index is 13.2. The number of carbonyl (C=O) groups is 1. The number of rotatable bonds is 8. The van der Waals surface area contributed by atoms with Gasteiger partial charge in [0.25, 0.3) is 15.7 Å². The van der Waals surface area contributed by atoms with Crippen LogP contribution in [-0.2, 0) is 21.4 Å². The first kappa shape index (κ1) is 22.3. The van der Waals surface area contributed by atoms with E-state index in [0.29, 0.717) is 5.02 Å². The largest absolute Gasteiger partial charge is 0.350 e. The minimum Gasteiger partial charge on any atom is -0.350 e. The third kappa shape index (κ3) is 5.59. The van der Waals surface area contributed by atoms with Gasteiger partial charge < -0.3 is 5.32 Å². The van der Waals surface area contributed by atoms with E-state index in [2.05, 4.69) is 5.32 Å². The molecule has 0 aliphatic heterocycles. The maximum Gasteiger partial charge on any atom is 0.269 e. The average molecular weight is 460 g/mol. The Labute approximate surface area is 184 Å². The average Bonchev–Trinajstić information content (AvgIpc) is 2.77. The fraction of sp³-hybridized carbons (Fsp3) is 0.0952. The van der Waals surface area contributed by atoms with Crippen molar-refractivity contribution in [1.29, 1.82) is 0 Å². The van der Waals surface area contributed by atoms with Crippen molar-refractivity contribution < 1.29 is 18.1 Å². The Morgan fingerprint density at radius 3 is 2.16 bits per heavy atom. The van der Waals surface area contributed by atoms with E-state index >= 15 is 0 Å². The quantitative estimate of drug-likeness (QED) is 0.407. The molecule has 0 fully saturated rings. The number of hydrogen-bond acceptors (Lipinski definition) is 5. The zero-order valence-electron chi connectivity index (χ0n) is 16.1. The molecule has 1 amide bonds. The molecule has 8 nitrogen and oxygen atoms in total. The molecule has 3 aromatic rings. The second kappa shape index (κ2) is 9.59. The summed E-state index contributed by atoms with van der Waals surface area (Å²) in [5.41, 5.74) is 0.745. The number of nitrogens with one attached hydrogen (secondary N) is 1. The molecular weight excluding hydrogens is 442 g/mol. The Hall–Kier alpha value is -3.43. The van der Waals surface area contributed by atoms with Crippen LogP contribution < -0.4 is 9.62 Å². The Kier molecular flexibility index (Phi) is 6.88. The van der Waals surface area contributed by atoms with Crippen molar-refractivity contribution in [2.24, 2.45) is 0 Å². The third-order valence-corrected chi connectivity index (χ3v) is 6.41. The monoisotopic (exact) mass is 459 g/mol. The number of hydrogen-bond donors (Lipinski definition) is 1. The van der Waals surface area contributed by atoms with Gasteiger partial charge in [0, 0.05) is 23.7 Å². The fourth-order valence-electron chi connectivity index (χ4n) is 2.76. The summed E-state index contributed by atoms with van der Waals surface area (Å²) in [5, 5.41) is 14.2. The van der Waals surface area contributed by atoms with Crippen LogP contribution in [0.2, 0.25) is 5.02 Å². The summed E-state index contributed by atoms with van der Waals surface area (Å²) in [6, 6.07) is 19.5. The molecule has 0 atom stereocenters. The van der Waals surface area contributed by atoms with Crippen LogP contribution in [0.25, 0.3) is 0 Å². The van der Waals surface area contributed by atoms with Crippen LogP contribution in [0.3, 0.4) is 0 Å². The number of amides is 1. The number of anilines is 1. The van der Waals surface area contributed by atoms with E-state index in [9.17, 15) is 23.3 Å². The highest BCUT2D eigenvalue weighted by Gasteiger charge is 2.27. The van der Waals surface area contributed by atoms with Gasteiger partial charge in [0.1, 0.15) is 6.54 Å². The number of benzene rings is 3. The van der Waals surface area contributed by atoms with Crippen molar-refractivity contribution in [1.82, 2.24) is 5.32 Å². The highest BCUT2D eigenvalue weighted by atomic mass is 35.5. The molecule has 0 heterocycles. The zero-order valence-corrected chi connectivity index (χ0v) is 17.7. The minimum absolute atomic E-state index is 0.00106. The van der Waals surface area contributed by atoms with Gasteiger partial charge in [0.2, 0.25) is 5.91 Å². The summed E-state index contributed by atoms with van der Waals surface area (Å²) in [6.45, 7) is -0.307. The number of non-ortho nitro benzene ring substituents is 1. The fourth-order valence-corrected chi connectivity index (χ4v) is 4.33. The van der Waals surface area contributed by atoms with E-state index in [-0.39, 0.29) is 22.8 Å². The van der Waals surface area contributed by atoms with Crippen LogP contribution in [0, 0.1) is 10.1 Å². The molecule has 0 aliphatic carbocycles. The molecule has 0 unspecified atom stereocenters. The molecule has 160 valence electrons. The van der Waals surface area contributed by atoms with E-state index in [1.807, 2.05) is 0 Å². The minimum atomic E-state index is -4.09. The molecule has 0 radical (unpaired) electrons. The normalized spacial score (nSPS) is 11.0. The van der Waals surface area contributed by atoms with Gasteiger partial charge in [-0.2, -0.15) is 0 Å². The van der Waals surface area contributed by atoms with Gasteiger partial charge in [-0.1, -0.05) is 41.9 Å². The second-order valence-corrected chi connectivity index (χ2v) is 8.80. The predicted octanol–water partition coefficient (Wildman–Crippen LogP) is 3.76. The van der Waals surface area contributed by atoms with E-state index < -0.39 is 27.4 Å². The molecule has 0 aliphatic rings. The van der Waals surface area contributed by atoms with Crippen LogP contribution in [0.15, 0.2) is 83.8 Å². The summed E-state index contributed by atoms with van der Waals surface area (Å²) >= 11 is 5.85. The lowest BCUT2D eigenvalue weighted by atomic mass is 10.2. The highest BCUT2D eigenvalue weighted by molar-refractivity contribution is 7.92. The van der Waals surface area contributed by atoms with Crippen molar-refractivity contribution in [3.05, 3.63) is 99.6 Å². The van der Waals surface area contributed by atoms with Gasteiger partial charge in [-0.05, 0) is 42.0 Å². The maximum atomic E-state index is 13.2. The molecule has 3 rings (SSSR count). The van der Waals surface area contributed by atoms with E-state index in [0.717, 1.165) is 9.87 Å². The molecule has 10 heteroatoms. The molecule has 3 aromatic carbocycles. The van der Waals surface area contributed by atoms with Gasteiger partial charge in [-0.3, -0.25) is 19.2 Å². The molecule has 0 spiro atoms. The Balaban J connectivity index is 1.85. The van der Waals surface area contributed by atoms with Gasteiger partial charge in [-0.15, -0.1) is 0 Å². The number of halogens is 1. The summed E-state index contributed by atoms with van der Waals surface area (Å²) in [7, 11) is -4.09. The SMILES string of the molecule is O=C(CN(c1ccc([N+](=O)[O-])cc1)S(=O)(=O)c1ccccc1)NCc1ccc(Cl)cc1. The van der Waals surface area contributed by atoms with Crippen LogP contribution in [0.5, 0.6) is 0 Å². The lowest BCUT2D eigenvalue weighted by molar-refractivity contribution is -0.384. The summed E-state index contributed by atoms with van der Waals surface area (Å²) in [6.07, 6.45) is 0. The Morgan fingerprint density at radius 2 is 1.58 bits per heavy atom. The molecule has 0 saturated carbocycles. The first-order valence-corrected chi connectivity index (χ1v) is 10.9. The molecule has 0 saturated heterocycles. The van der Waals surface area contributed by atoms with Crippen LogP contribution >= 0.6 is 11.6 Å². The van der Waals surface area contributed by atoms with Crippen molar-refractivity contribution >= 4 is 38.9 Å². The summed E-state index contributed by atoms with van der Waals surface area (Å²) in [4.78, 5) is 22.9. The smallest absolute Gasteiger partial charge is 0.269 e. The molecular formula is C21H18ClN3O5S. The Morgan fingerprint density at radius 1 is 0.968 bits per heavy atom. The van der Waals surface area contributed by atoms with Crippen LogP contribution in [-0.4, -0.2) is 25.8 Å². The number of nitro benzene ring substituents is 1. The van der Waals surface area contributed by atoms with Crippen molar-refractivity contribution in [2.75, 3.05) is 10.8 Å². The van der Waals surface area contributed by atoms with Crippen molar-refractivity contribution in [3.63, 3.8) is 0 Å². The van der Waals surface area contributed by atoms with Crippen molar-refractivity contribution in [3.8, 4) is 0 Å². The molecule has 31 heavy (non-hydrogen) atoms. The van der Waals surface area contributed by atoms with E-state index in [4.69, 9.17) is 11.6 Å². The summed E-state index contributed by atoms with van der Waals surface area (Å²) < 4.78 is 27.3. The van der Waals surface area contributed by atoms with Gasteiger partial charge in [-0.25, -0.2) is 8.42 Å². The number of nitro groups is 1. The molecule has 0 bridgehead atoms. The second-order valence-electron chi connectivity index (χ2n) is 6.50. The Bertz CT molecular complexity index is 1170. The summed E-state index contributed by atoms with van der Waals surface area (Å²) in [5.74, 6) is -0.534. The standard InChI is InChI=1S/C21H18ClN3O5S/c22-17-8-6-16(7-9-17)14-23-21(26)15-24(18-10-12-19(13-11-18)25(27)28)31(29,30)20-4-2-1-3-5-20/h1-13H,14-15H2,(H,23,26).